The molecule has 0 aromatic heterocycles. The van der Waals surface area contributed by atoms with Crippen molar-refractivity contribution in [3.8, 4) is 0 Å². The highest BCUT2D eigenvalue weighted by molar-refractivity contribution is 5.92. The Morgan fingerprint density at radius 1 is 1.33 bits per heavy atom. The number of benzene rings is 1. The van der Waals surface area contributed by atoms with Crippen molar-refractivity contribution in [1.29, 1.82) is 0 Å². The van der Waals surface area contributed by atoms with E-state index in [1.165, 1.54) is 24.0 Å². The van der Waals surface area contributed by atoms with Crippen LogP contribution in [0.4, 0.5) is 5.69 Å². The van der Waals surface area contributed by atoms with Crippen LogP contribution in [0.3, 0.4) is 0 Å². The van der Waals surface area contributed by atoms with E-state index in [2.05, 4.69) is 11.4 Å². The van der Waals surface area contributed by atoms with Crippen molar-refractivity contribution < 1.29 is 4.79 Å². The zero-order chi connectivity index (χ0) is 13.2. The second-order valence-corrected chi connectivity index (χ2v) is 5.86. The molecule has 98 valence electrons. The lowest BCUT2D eigenvalue weighted by Crippen LogP contribution is -2.36. The molecule has 1 aliphatic carbocycles. The van der Waals surface area contributed by atoms with Gasteiger partial charge in [0.25, 0.3) is 0 Å². The van der Waals surface area contributed by atoms with Gasteiger partial charge in [0.05, 0.1) is 0 Å². The SMILES string of the molecule is CC(C)(N)CC(=O)Nc1cccc2c1CCCC2. The van der Waals surface area contributed by atoms with E-state index in [1.807, 2.05) is 26.0 Å². The number of anilines is 1. The van der Waals surface area contributed by atoms with Gasteiger partial charge >= 0.3 is 0 Å². The van der Waals surface area contributed by atoms with E-state index in [0.29, 0.717) is 6.42 Å². The molecule has 0 bridgehead atoms. The first-order valence-corrected chi connectivity index (χ1v) is 6.65. The highest BCUT2D eigenvalue weighted by atomic mass is 16.1. The maximum atomic E-state index is 11.9. The van der Waals surface area contributed by atoms with E-state index in [4.69, 9.17) is 5.73 Å². The first-order chi connectivity index (χ1) is 8.46. The Hall–Kier alpha value is -1.35. The van der Waals surface area contributed by atoms with Crippen molar-refractivity contribution in [2.24, 2.45) is 5.73 Å². The number of nitrogens with one attached hydrogen (secondary N) is 1. The minimum absolute atomic E-state index is 0.00136. The summed E-state index contributed by atoms with van der Waals surface area (Å²) < 4.78 is 0. The van der Waals surface area contributed by atoms with Crippen LogP contribution in [0.5, 0.6) is 0 Å². The molecule has 0 heterocycles. The number of nitrogens with two attached hydrogens (primary N) is 1. The topological polar surface area (TPSA) is 55.1 Å². The maximum absolute atomic E-state index is 11.9. The van der Waals surface area contributed by atoms with Gasteiger partial charge in [0.1, 0.15) is 0 Å². The zero-order valence-electron chi connectivity index (χ0n) is 11.3. The average Bonchev–Trinajstić information content (AvgIpc) is 2.27. The molecule has 0 unspecified atom stereocenters. The Morgan fingerprint density at radius 3 is 2.78 bits per heavy atom. The third kappa shape index (κ3) is 3.33. The van der Waals surface area contributed by atoms with Gasteiger partial charge in [0.15, 0.2) is 0 Å². The molecule has 0 spiro atoms. The number of aryl methyl sites for hydroxylation is 1. The number of rotatable bonds is 3. The lowest BCUT2D eigenvalue weighted by atomic mass is 9.90. The van der Waals surface area contributed by atoms with E-state index >= 15 is 0 Å². The zero-order valence-corrected chi connectivity index (χ0v) is 11.3. The molecule has 0 fully saturated rings. The smallest absolute Gasteiger partial charge is 0.226 e. The Labute approximate surface area is 109 Å². The van der Waals surface area contributed by atoms with E-state index in [9.17, 15) is 4.79 Å². The molecule has 0 aliphatic heterocycles. The first kappa shape index (κ1) is 13.1. The van der Waals surface area contributed by atoms with Gasteiger partial charge in [-0.05, 0) is 56.7 Å². The van der Waals surface area contributed by atoms with E-state index in [-0.39, 0.29) is 5.91 Å². The van der Waals surface area contributed by atoms with Crippen molar-refractivity contribution in [1.82, 2.24) is 0 Å². The molecule has 3 heteroatoms. The van der Waals surface area contributed by atoms with Crippen molar-refractivity contribution in [2.45, 2.75) is 51.5 Å². The van der Waals surface area contributed by atoms with Crippen molar-refractivity contribution in [3.63, 3.8) is 0 Å². The molecule has 1 aliphatic rings. The predicted octanol–water partition coefficient (Wildman–Crippen LogP) is 2.63. The fourth-order valence-electron chi connectivity index (χ4n) is 2.51. The summed E-state index contributed by atoms with van der Waals surface area (Å²) in [5.74, 6) is 0.00136. The minimum Gasteiger partial charge on any atom is -0.326 e. The van der Waals surface area contributed by atoms with Crippen LogP contribution in [0.2, 0.25) is 0 Å². The summed E-state index contributed by atoms with van der Waals surface area (Å²) in [6.45, 7) is 3.74. The molecule has 2 rings (SSSR count). The van der Waals surface area contributed by atoms with Gasteiger partial charge in [-0.2, -0.15) is 0 Å². The standard InChI is InChI=1S/C15H22N2O/c1-15(2,16)10-14(18)17-13-9-5-7-11-6-3-4-8-12(11)13/h5,7,9H,3-4,6,8,10,16H2,1-2H3,(H,17,18). The average molecular weight is 246 g/mol. The Bertz CT molecular complexity index is 446. The van der Waals surface area contributed by atoms with Crippen LogP contribution in [-0.2, 0) is 17.6 Å². The Morgan fingerprint density at radius 2 is 2.06 bits per heavy atom. The molecule has 18 heavy (non-hydrogen) atoms. The summed E-state index contributed by atoms with van der Waals surface area (Å²) in [7, 11) is 0. The molecule has 1 aromatic carbocycles. The molecule has 1 aromatic rings. The monoisotopic (exact) mass is 246 g/mol. The summed E-state index contributed by atoms with van der Waals surface area (Å²) in [6.07, 6.45) is 5.00. The minimum atomic E-state index is -0.459. The third-order valence-electron chi connectivity index (χ3n) is 3.29. The summed E-state index contributed by atoms with van der Waals surface area (Å²) in [5, 5.41) is 3.01. The second-order valence-electron chi connectivity index (χ2n) is 5.86. The van der Waals surface area contributed by atoms with Gasteiger partial charge in [0, 0.05) is 17.6 Å². The van der Waals surface area contributed by atoms with E-state index < -0.39 is 5.54 Å². The fraction of sp³-hybridized carbons (Fsp3) is 0.533. The van der Waals surface area contributed by atoms with Gasteiger partial charge in [-0.3, -0.25) is 4.79 Å². The van der Waals surface area contributed by atoms with Crippen molar-refractivity contribution in [3.05, 3.63) is 29.3 Å². The molecule has 0 atom stereocenters. The van der Waals surface area contributed by atoms with E-state index in [0.717, 1.165) is 18.5 Å². The Balaban J connectivity index is 2.12. The number of amides is 1. The number of hydrogen-bond acceptors (Lipinski definition) is 2. The molecule has 0 saturated heterocycles. The third-order valence-corrected chi connectivity index (χ3v) is 3.29. The largest absolute Gasteiger partial charge is 0.326 e. The quantitative estimate of drug-likeness (QED) is 0.861. The lowest BCUT2D eigenvalue weighted by Gasteiger charge is -2.21. The number of carbonyl (C=O) groups excluding carboxylic acids is 1. The summed E-state index contributed by atoms with van der Waals surface area (Å²) in [4.78, 5) is 11.9. The molecule has 0 saturated carbocycles. The number of fused-ring (bicyclic) bond motifs is 1. The number of hydrogen-bond donors (Lipinski definition) is 2. The predicted molar refractivity (Wildman–Crippen MR) is 74.6 cm³/mol. The van der Waals surface area contributed by atoms with Crippen LogP contribution in [0, 0.1) is 0 Å². The summed E-state index contributed by atoms with van der Waals surface area (Å²) >= 11 is 0. The van der Waals surface area contributed by atoms with Crippen LogP contribution < -0.4 is 11.1 Å². The highest BCUT2D eigenvalue weighted by Gasteiger charge is 2.18. The van der Waals surface area contributed by atoms with Crippen LogP contribution in [-0.4, -0.2) is 11.4 Å². The fourth-order valence-corrected chi connectivity index (χ4v) is 2.51. The van der Waals surface area contributed by atoms with Crippen LogP contribution >= 0.6 is 0 Å². The molecule has 0 radical (unpaired) electrons. The summed E-state index contributed by atoms with van der Waals surface area (Å²) in [5.41, 5.74) is 9.07. The molecular formula is C15H22N2O. The van der Waals surface area contributed by atoms with Gasteiger partial charge < -0.3 is 11.1 Å². The summed E-state index contributed by atoms with van der Waals surface area (Å²) in [6, 6.07) is 6.18. The molecular weight excluding hydrogens is 224 g/mol. The van der Waals surface area contributed by atoms with Crippen molar-refractivity contribution >= 4 is 11.6 Å². The number of carbonyl (C=O) groups is 1. The first-order valence-electron chi connectivity index (χ1n) is 6.65. The lowest BCUT2D eigenvalue weighted by molar-refractivity contribution is -0.117. The van der Waals surface area contributed by atoms with Crippen LogP contribution in [0.1, 0.15) is 44.2 Å². The Kier molecular flexibility index (Phi) is 3.71. The molecule has 3 nitrogen and oxygen atoms in total. The molecule has 3 N–H and O–H groups in total. The van der Waals surface area contributed by atoms with Crippen molar-refractivity contribution in [2.75, 3.05) is 5.32 Å². The van der Waals surface area contributed by atoms with Gasteiger partial charge in [-0.15, -0.1) is 0 Å². The van der Waals surface area contributed by atoms with Crippen LogP contribution in [0.15, 0.2) is 18.2 Å². The molecule has 1 amide bonds. The highest BCUT2D eigenvalue weighted by Crippen LogP contribution is 2.28. The van der Waals surface area contributed by atoms with Gasteiger partial charge in [-0.25, -0.2) is 0 Å². The van der Waals surface area contributed by atoms with Gasteiger partial charge in [0.2, 0.25) is 5.91 Å². The van der Waals surface area contributed by atoms with E-state index in [1.54, 1.807) is 0 Å². The second kappa shape index (κ2) is 5.11. The maximum Gasteiger partial charge on any atom is 0.226 e. The normalized spacial score (nSPS) is 15.1. The van der Waals surface area contributed by atoms with Crippen LogP contribution in [0.25, 0.3) is 0 Å². The van der Waals surface area contributed by atoms with Gasteiger partial charge in [-0.1, -0.05) is 12.1 Å².